The van der Waals surface area contributed by atoms with Gasteiger partial charge in [-0.05, 0) is 76.3 Å². The van der Waals surface area contributed by atoms with Crippen LogP contribution in [0.2, 0.25) is 0 Å². The van der Waals surface area contributed by atoms with E-state index in [4.69, 9.17) is 4.74 Å². The zero-order valence-corrected chi connectivity index (χ0v) is 14.8. The normalized spacial score (nSPS) is 29.3. The van der Waals surface area contributed by atoms with Crippen molar-refractivity contribution in [2.24, 2.45) is 11.8 Å². The smallest absolute Gasteiger partial charge is 0.263 e. The minimum absolute atomic E-state index is 0.0937. The lowest BCUT2D eigenvalue weighted by molar-refractivity contribution is -0.134. The summed E-state index contributed by atoms with van der Waals surface area (Å²) in [5, 5.41) is 13.5. The zero-order chi connectivity index (χ0) is 17.2. The Bertz CT molecular complexity index is 572. The summed E-state index contributed by atoms with van der Waals surface area (Å²) in [6.07, 6.45) is 6.13. The van der Waals surface area contributed by atoms with Gasteiger partial charge in [0.2, 0.25) is 0 Å². The molecule has 2 fully saturated rings. The second-order valence-corrected chi connectivity index (χ2v) is 8.11. The Labute approximate surface area is 144 Å². The van der Waals surface area contributed by atoms with E-state index in [9.17, 15) is 9.90 Å². The van der Waals surface area contributed by atoms with Gasteiger partial charge in [0.05, 0.1) is 5.60 Å². The molecule has 0 saturated heterocycles. The third-order valence-corrected chi connectivity index (χ3v) is 5.52. The second kappa shape index (κ2) is 6.75. The predicted octanol–water partition coefficient (Wildman–Crippen LogP) is 3.29. The van der Waals surface area contributed by atoms with Crippen LogP contribution >= 0.6 is 0 Å². The summed E-state index contributed by atoms with van der Waals surface area (Å²) in [4.78, 5) is 12.4. The first-order valence-electron chi connectivity index (χ1n) is 9.11. The standard InChI is InChI=1S/C20H29NO3/c1-19(2,24-17-6-4-3-5-7-17)18(22)21-11-9-16-12-15-8-10-20(23,13-15)14-16/h3-7,15-16,23H,8-14H2,1-2H3,(H,21,22)/t15-,16?,20-/m0/s1. The Kier molecular flexibility index (Phi) is 4.86. The van der Waals surface area contributed by atoms with Gasteiger partial charge in [0.25, 0.3) is 5.91 Å². The molecule has 2 saturated carbocycles. The van der Waals surface area contributed by atoms with Gasteiger partial charge in [0.1, 0.15) is 5.75 Å². The number of carbonyl (C=O) groups excluding carboxylic acids is 1. The molecule has 0 aromatic heterocycles. The Morgan fingerprint density at radius 1 is 1.33 bits per heavy atom. The number of ether oxygens (including phenoxy) is 1. The van der Waals surface area contributed by atoms with Gasteiger partial charge in [-0.1, -0.05) is 18.2 Å². The molecule has 1 aromatic rings. The van der Waals surface area contributed by atoms with Crippen LogP contribution in [0, 0.1) is 11.8 Å². The maximum atomic E-state index is 12.4. The number of hydrogen-bond donors (Lipinski definition) is 2. The maximum Gasteiger partial charge on any atom is 0.263 e. The van der Waals surface area contributed by atoms with Gasteiger partial charge in [-0.15, -0.1) is 0 Å². The Morgan fingerprint density at radius 2 is 2.08 bits per heavy atom. The van der Waals surface area contributed by atoms with Crippen molar-refractivity contribution in [2.75, 3.05) is 6.54 Å². The quantitative estimate of drug-likeness (QED) is 0.841. The highest BCUT2D eigenvalue weighted by Crippen LogP contribution is 2.48. The van der Waals surface area contributed by atoms with E-state index in [1.165, 1.54) is 6.42 Å². The molecule has 132 valence electrons. The Morgan fingerprint density at radius 3 is 2.79 bits per heavy atom. The van der Waals surface area contributed by atoms with E-state index >= 15 is 0 Å². The van der Waals surface area contributed by atoms with Crippen LogP contribution in [0.25, 0.3) is 0 Å². The number of amides is 1. The number of nitrogens with one attached hydrogen (secondary N) is 1. The summed E-state index contributed by atoms with van der Waals surface area (Å²) in [7, 11) is 0. The van der Waals surface area contributed by atoms with Crippen molar-refractivity contribution in [3.8, 4) is 5.75 Å². The van der Waals surface area contributed by atoms with E-state index in [1.807, 2.05) is 30.3 Å². The largest absolute Gasteiger partial charge is 0.478 e. The van der Waals surface area contributed by atoms with Gasteiger partial charge in [-0.3, -0.25) is 4.79 Å². The molecule has 2 N–H and O–H groups in total. The molecule has 1 amide bonds. The van der Waals surface area contributed by atoms with Crippen molar-refractivity contribution in [3.05, 3.63) is 30.3 Å². The van der Waals surface area contributed by atoms with Crippen LogP contribution in [0.3, 0.4) is 0 Å². The van der Waals surface area contributed by atoms with Gasteiger partial charge >= 0.3 is 0 Å². The Hall–Kier alpha value is -1.55. The summed E-state index contributed by atoms with van der Waals surface area (Å²) in [6, 6.07) is 9.42. The molecule has 4 heteroatoms. The molecule has 4 nitrogen and oxygen atoms in total. The summed E-state index contributed by atoms with van der Waals surface area (Å²) >= 11 is 0. The van der Waals surface area contributed by atoms with Crippen molar-refractivity contribution in [1.29, 1.82) is 0 Å². The first-order chi connectivity index (χ1) is 11.4. The van der Waals surface area contributed by atoms with Crippen LogP contribution in [-0.4, -0.2) is 28.8 Å². The average molecular weight is 331 g/mol. The molecule has 0 aliphatic heterocycles. The molecule has 2 bridgehead atoms. The summed E-state index contributed by atoms with van der Waals surface area (Å²) in [6.45, 7) is 4.23. The lowest BCUT2D eigenvalue weighted by atomic mass is 9.77. The average Bonchev–Trinajstić information content (AvgIpc) is 2.80. The summed E-state index contributed by atoms with van der Waals surface area (Å²) < 4.78 is 5.81. The predicted molar refractivity (Wildman–Crippen MR) is 93.8 cm³/mol. The molecule has 1 unspecified atom stereocenters. The highest BCUT2D eigenvalue weighted by atomic mass is 16.5. The lowest BCUT2D eigenvalue weighted by Gasteiger charge is -2.34. The summed E-state index contributed by atoms with van der Waals surface area (Å²) in [5.74, 6) is 1.81. The topological polar surface area (TPSA) is 58.6 Å². The number of carbonyl (C=O) groups is 1. The van der Waals surface area contributed by atoms with Crippen LogP contribution in [0.1, 0.15) is 52.4 Å². The minimum atomic E-state index is -0.898. The number of aliphatic hydroxyl groups is 1. The second-order valence-electron chi connectivity index (χ2n) is 8.11. The van der Waals surface area contributed by atoms with Gasteiger partial charge in [-0.25, -0.2) is 0 Å². The lowest BCUT2D eigenvalue weighted by Crippen LogP contribution is -2.47. The molecule has 0 heterocycles. The van der Waals surface area contributed by atoms with Gasteiger partial charge in [0.15, 0.2) is 5.60 Å². The van der Waals surface area contributed by atoms with Crippen LogP contribution in [0.15, 0.2) is 30.3 Å². The van der Waals surface area contributed by atoms with Crippen molar-refractivity contribution in [2.45, 2.75) is 63.6 Å². The molecule has 0 radical (unpaired) electrons. The first-order valence-corrected chi connectivity index (χ1v) is 9.11. The number of rotatable bonds is 6. The van der Waals surface area contributed by atoms with Crippen LogP contribution in [-0.2, 0) is 4.79 Å². The highest BCUT2D eigenvalue weighted by Gasteiger charge is 2.44. The monoisotopic (exact) mass is 331 g/mol. The molecule has 3 atom stereocenters. The third-order valence-electron chi connectivity index (χ3n) is 5.52. The van der Waals surface area contributed by atoms with E-state index in [0.717, 1.165) is 32.1 Å². The molecule has 0 spiro atoms. The molecular formula is C20H29NO3. The fourth-order valence-electron chi connectivity index (χ4n) is 4.35. The van der Waals surface area contributed by atoms with E-state index in [2.05, 4.69) is 5.32 Å². The van der Waals surface area contributed by atoms with Crippen LogP contribution < -0.4 is 10.1 Å². The van der Waals surface area contributed by atoms with Gasteiger partial charge in [-0.2, -0.15) is 0 Å². The number of para-hydroxylation sites is 1. The molecule has 24 heavy (non-hydrogen) atoms. The van der Waals surface area contributed by atoms with E-state index in [-0.39, 0.29) is 5.91 Å². The van der Waals surface area contributed by atoms with E-state index in [1.54, 1.807) is 13.8 Å². The fourth-order valence-corrected chi connectivity index (χ4v) is 4.35. The SMILES string of the molecule is CC(C)(Oc1ccccc1)C(=O)NCCC1C[C@@H]2CC[C@@](O)(C1)C2. The van der Waals surface area contributed by atoms with Gasteiger partial charge < -0.3 is 15.2 Å². The number of hydrogen-bond acceptors (Lipinski definition) is 3. The molecule has 2 aliphatic carbocycles. The van der Waals surface area contributed by atoms with Crippen molar-refractivity contribution in [1.82, 2.24) is 5.32 Å². The van der Waals surface area contributed by atoms with Crippen molar-refractivity contribution in [3.63, 3.8) is 0 Å². The van der Waals surface area contributed by atoms with Crippen molar-refractivity contribution >= 4 is 5.91 Å². The number of fused-ring (bicyclic) bond motifs is 2. The zero-order valence-electron chi connectivity index (χ0n) is 14.8. The van der Waals surface area contributed by atoms with E-state index < -0.39 is 11.2 Å². The van der Waals surface area contributed by atoms with Crippen molar-refractivity contribution < 1.29 is 14.6 Å². The number of benzene rings is 1. The maximum absolute atomic E-state index is 12.4. The molecule has 3 rings (SSSR count). The summed E-state index contributed by atoms with van der Waals surface area (Å²) in [5.41, 5.74) is -1.32. The van der Waals surface area contributed by atoms with Gasteiger partial charge in [0, 0.05) is 6.54 Å². The third kappa shape index (κ3) is 4.10. The van der Waals surface area contributed by atoms with Crippen LogP contribution in [0.4, 0.5) is 0 Å². The highest BCUT2D eigenvalue weighted by molar-refractivity contribution is 5.84. The minimum Gasteiger partial charge on any atom is -0.478 e. The first kappa shape index (κ1) is 17.3. The van der Waals surface area contributed by atoms with E-state index in [0.29, 0.717) is 24.1 Å². The molecular weight excluding hydrogens is 302 g/mol. The van der Waals surface area contributed by atoms with Crippen LogP contribution in [0.5, 0.6) is 5.75 Å². The fraction of sp³-hybridized carbons (Fsp3) is 0.650. The Balaban J connectivity index is 1.45. The molecule has 2 aliphatic rings. The molecule has 1 aromatic carbocycles.